The molecule has 1 N–H and O–H groups in total. The molecule has 0 bridgehead atoms. The SMILES string of the molecule is CCC1(C)CN(Cc2nc(C)no2)C(C)CN1. The minimum atomic E-state index is 0.196. The summed E-state index contributed by atoms with van der Waals surface area (Å²) in [5.41, 5.74) is 0.196. The Kier molecular flexibility index (Phi) is 3.49. The van der Waals surface area contributed by atoms with Crippen molar-refractivity contribution < 1.29 is 4.52 Å². The van der Waals surface area contributed by atoms with Crippen molar-refractivity contribution in [2.75, 3.05) is 13.1 Å². The van der Waals surface area contributed by atoms with Crippen molar-refractivity contribution in [1.29, 1.82) is 0 Å². The minimum Gasteiger partial charge on any atom is -0.338 e. The van der Waals surface area contributed by atoms with Gasteiger partial charge in [-0.15, -0.1) is 0 Å². The van der Waals surface area contributed by atoms with Gasteiger partial charge < -0.3 is 9.84 Å². The van der Waals surface area contributed by atoms with Crippen molar-refractivity contribution in [1.82, 2.24) is 20.4 Å². The van der Waals surface area contributed by atoms with E-state index in [4.69, 9.17) is 4.52 Å². The number of hydrogen-bond donors (Lipinski definition) is 1. The Morgan fingerprint density at radius 2 is 2.35 bits per heavy atom. The van der Waals surface area contributed by atoms with Gasteiger partial charge in [-0.25, -0.2) is 0 Å². The maximum Gasteiger partial charge on any atom is 0.240 e. The third-order valence-corrected chi connectivity index (χ3v) is 3.69. The van der Waals surface area contributed by atoms with E-state index in [0.717, 1.165) is 31.9 Å². The molecule has 0 aromatic carbocycles. The zero-order chi connectivity index (χ0) is 12.5. The summed E-state index contributed by atoms with van der Waals surface area (Å²) in [6, 6.07) is 0.502. The first-order chi connectivity index (χ1) is 8.02. The summed E-state index contributed by atoms with van der Waals surface area (Å²) < 4.78 is 5.19. The summed E-state index contributed by atoms with van der Waals surface area (Å²) in [6.45, 7) is 11.3. The van der Waals surface area contributed by atoms with E-state index in [9.17, 15) is 0 Å². The molecule has 5 nitrogen and oxygen atoms in total. The lowest BCUT2D eigenvalue weighted by Crippen LogP contribution is -2.61. The number of aromatic nitrogens is 2. The Labute approximate surface area is 103 Å². The Bertz CT molecular complexity index is 378. The normalized spacial score (nSPS) is 30.7. The van der Waals surface area contributed by atoms with Crippen molar-refractivity contribution in [3.8, 4) is 0 Å². The molecule has 17 heavy (non-hydrogen) atoms. The largest absolute Gasteiger partial charge is 0.338 e. The Hall–Kier alpha value is -0.940. The van der Waals surface area contributed by atoms with E-state index in [1.807, 2.05) is 6.92 Å². The molecule has 0 spiro atoms. The molecule has 2 unspecified atom stereocenters. The van der Waals surface area contributed by atoms with Gasteiger partial charge in [0.1, 0.15) is 0 Å². The van der Waals surface area contributed by atoms with Crippen LogP contribution >= 0.6 is 0 Å². The summed E-state index contributed by atoms with van der Waals surface area (Å²) in [6.07, 6.45) is 1.12. The first-order valence-electron chi connectivity index (χ1n) is 6.31. The average Bonchev–Trinajstić information content (AvgIpc) is 2.70. The molecule has 0 radical (unpaired) electrons. The van der Waals surface area contributed by atoms with Crippen LogP contribution in [-0.2, 0) is 6.54 Å². The predicted molar refractivity (Wildman–Crippen MR) is 65.6 cm³/mol. The molecule has 2 rings (SSSR count). The van der Waals surface area contributed by atoms with E-state index in [0.29, 0.717) is 11.9 Å². The number of nitrogens with zero attached hydrogens (tertiary/aromatic N) is 3. The number of piperazine rings is 1. The third-order valence-electron chi connectivity index (χ3n) is 3.69. The molecule has 1 aliphatic rings. The first-order valence-corrected chi connectivity index (χ1v) is 6.31. The Morgan fingerprint density at radius 3 is 2.94 bits per heavy atom. The second-order valence-electron chi connectivity index (χ2n) is 5.28. The summed E-state index contributed by atoms with van der Waals surface area (Å²) in [7, 11) is 0. The number of aryl methyl sites for hydroxylation is 1. The van der Waals surface area contributed by atoms with Gasteiger partial charge in [0.2, 0.25) is 5.89 Å². The molecule has 96 valence electrons. The van der Waals surface area contributed by atoms with Gasteiger partial charge in [-0.05, 0) is 27.2 Å². The lowest BCUT2D eigenvalue weighted by molar-refractivity contribution is 0.0766. The maximum atomic E-state index is 5.19. The molecule has 2 heterocycles. The van der Waals surface area contributed by atoms with Crippen LogP contribution in [0.1, 0.15) is 38.9 Å². The second kappa shape index (κ2) is 4.74. The Balaban J connectivity index is 2.03. The van der Waals surface area contributed by atoms with Crippen molar-refractivity contribution in [3.05, 3.63) is 11.7 Å². The van der Waals surface area contributed by atoms with Gasteiger partial charge in [0.15, 0.2) is 5.82 Å². The lowest BCUT2D eigenvalue weighted by atomic mass is 9.94. The van der Waals surface area contributed by atoms with E-state index in [1.165, 1.54) is 0 Å². The molecule has 0 amide bonds. The summed E-state index contributed by atoms with van der Waals surface area (Å²) in [4.78, 5) is 6.68. The first kappa shape index (κ1) is 12.5. The fourth-order valence-corrected chi connectivity index (χ4v) is 2.21. The number of nitrogens with one attached hydrogen (secondary N) is 1. The van der Waals surface area contributed by atoms with Crippen molar-refractivity contribution in [3.63, 3.8) is 0 Å². The summed E-state index contributed by atoms with van der Waals surface area (Å²) >= 11 is 0. The zero-order valence-electron chi connectivity index (χ0n) is 11.2. The predicted octanol–water partition coefficient (Wildman–Crippen LogP) is 1.34. The summed E-state index contributed by atoms with van der Waals surface area (Å²) in [5, 5.41) is 7.44. The highest BCUT2D eigenvalue weighted by Crippen LogP contribution is 2.20. The van der Waals surface area contributed by atoms with Crippen molar-refractivity contribution >= 4 is 0 Å². The van der Waals surface area contributed by atoms with Gasteiger partial charge in [-0.2, -0.15) is 4.98 Å². The van der Waals surface area contributed by atoms with Crippen molar-refractivity contribution in [2.45, 2.75) is 52.2 Å². The molecule has 0 aliphatic carbocycles. The smallest absolute Gasteiger partial charge is 0.240 e. The molecule has 1 aromatic heterocycles. The quantitative estimate of drug-likeness (QED) is 0.861. The fourth-order valence-electron chi connectivity index (χ4n) is 2.21. The average molecular weight is 238 g/mol. The molecule has 5 heteroatoms. The Morgan fingerprint density at radius 1 is 1.59 bits per heavy atom. The third kappa shape index (κ3) is 2.84. The molecule has 1 fully saturated rings. The molecule has 1 aliphatic heterocycles. The summed E-state index contributed by atoms with van der Waals surface area (Å²) in [5.74, 6) is 1.43. The van der Waals surface area contributed by atoms with E-state index in [-0.39, 0.29) is 5.54 Å². The topological polar surface area (TPSA) is 54.2 Å². The van der Waals surface area contributed by atoms with E-state index in [2.05, 4.69) is 41.1 Å². The monoisotopic (exact) mass is 238 g/mol. The minimum absolute atomic E-state index is 0.196. The zero-order valence-corrected chi connectivity index (χ0v) is 11.2. The highest BCUT2D eigenvalue weighted by atomic mass is 16.5. The van der Waals surface area contributed by atoms with Gasteiger partial charge in [0.05, 0.1) is 6.54 Å². The molecular weight excluding hydrogens is 216 g/mol. The van der Waals surface area contributed by atoms with E-state index in [1.54, 1.807) is 0 Å². The highest BCUT2D eigenvalue weighted by Gasteiger charge is 2.33. The van der Waals surface area contributed by atoms with Crippen LogP contribution in [0.2, 0.25) is 0 Å². The fraction of sp³-hybridized carbons (Fsp3) is 0.833. The highest BCUT2D eigenvalue weighted by molar-refractivity contribution is 4.95. The van der Waals surface area contributed by atoms with Crippen LogP contribution in [0.4, 0.5) is 0 Å². The standard InChI is InChI=1S/C12H22N4O/c1-5-12(4)8-16(9(2)6-13-12)7-11-14-10(3)15-17-11/h9,13H,5-8H2,1-4H3. The van der Waals surface area contributed by atoms with Crippen LogP contribution in [0.5, 0.6) is 0 Å². The van der Waals surface area contributed by atoms with Gasteiger partial charge in [0, 0.05) is 24.7 Å². The van der Waals surface area contributed by atoms with Crippen LogP contribution < -0.4 is 5.32 Å². The van der Waals surface area contributed by atoms with Gasteiger partial charge in [-0.1, -0.05) is 12.1 Å². The van der Waals surface area contributed by atoms with Crippen LogP contribution in [0.3, 0.4) is 0 Å². The second-order valence-corrected chi connectivity index (χ2v) is 5.28. The van der Waals surface area contributed by atoms with Crippen LogP contribution in [0, 0.1) is 6.92 Å². The molecule has 0 saturated carbocycles. The number of hydrogen-bond acceptors (Lipinski definition) is 5. The van der Waals surface area contributed by atoms with E-state index < -0.39 is 0 Å². The van der Waals surface area contributed by atoms with Gasteiger partial charge in [0.25, 0.3) is 0 Å². The molecule has 1 aromatic rings. The molecule has 1 saturated heterocycles. The van der Waals surface area contributed by atoms with Crippen LogP contribution in [0.15, 0.2) is 4.52 Å². The van der Waals surface area contributed by atoms with Gasteiger partial charge in [-0.3, -0.25) is 4.90 Å². The van der Waals surface area contributed by atoms with Crippen molar-refractivity contribution in [2.24, 2.45) is 0 Å². The number of rotatable bonds is 3. The maximum absolute atomic E-state index is 5.19. The lowest BCUT2D eigenvalue weighted by Gasteiger charge is -2.44. The van der Waals surface area contributed by atoms with Crippen LogP contribution in [-0.4, -0.2) is 39.7 Å². The van der Waals surface area contributed by atoms with E-state index >= 15 is 0 Å². The molecule has 2 atom stereocenters. The van der Waals surface area contributed by atoms with Gasteiger partial charge >= 0.3 is 0 Å². The molecular formula is C12H22N4O. The van der Waals surface area contributed by atoms with Crippen LogP contribution in [0.25, 0.3) is 0 Å².